The smallest absolute Gasteiger partial charge is 0.284 e. The summed E-state index contributed by atoms with van der Waals surface area (Å²) in [5, 5.41) is 5.17. The molecule has 0 fully saturated rings. The molecule has 2 rings (SSSR count). The number of halogens is 1. The largest absolute Gasteiger partial charge is 0.484 e. The van der Waals surface area contributed by atoms with E-state index < -0.39 is 0 Å². The Morgan fingerprint density at radius 2 is 1.77 bits per heavy atom. The molecule has 142 valence electrons. The molecule has 0 aliphatic heterocycles. The summed E-state index contributed by atoms with van der Waals surface area (Å²) in [7, 11) is 0. The number of hydrogen-bond donors (Lipinski definition) is 0. The zero-order valence-electron chi connectivity index (χ0n) is 16.5. The van der Waals surface area contributed by atoms with Gasteiger partial charge in [0.15, 0.2) is 6.61 Å². The van der Waals surface area contributed by atoms with Gasteiger partial charge in [-0.2, -0.15) is 5.10 Å². The van der Waals surface area contributed by atoms with Crippen molar-refractivity contribution >= 4 is 17.5 Å². The van der Waals surface area contributed by atoms with Gasteiger partial charge < -0.3 is 4.74 Å². The SMILES string of the molecule is CCCCCCc1c(C)nn(C(=O)COc2cc(C)c(Cl)c(C)c2)c1C. The molecule has 0 atom stereocenters. The van der Waals surface area contributed by atoms with Gasteiger partial charge >= 0.3 is 0 Å². The first-order valence-electron chi connectivity index (χ1n) is 9.33. The summed E-state index contributed by atoms with van der Waals surface area (Å²) in [5.41, 5.74) is 4.93. The standard InChI is InChI=1S/C21H29ClN2O2/c1-6-7-8-9-10-19-16(4)23-24(17(19)5)20(25)13-26-18-11-14(2)21(22)15(3)12-18/h11-12H,6-10,13H2,1-5H3. The van der Waals surface area contributed by atoms with Crippen molar-refractivity contribution < 1.29 is 9.53 Å². The number of benzene rings is 1. The molecule has 1 aromatic heterocycles. The predicted octanol–water partition coefficient (Wildman–Crippen LogP) is 5.61. The van der Waals surface area contributed by atoms with Crippen molar-refractivity contribution in [3.63, 3.8) is 0 Å². The Kier molecular flexibility index (Phi) is 7.27. The van der Waals surface area contributed by atoms with E-state index >= 15 is 0 Å². The quantitative estimate of drug-likeness (QED) is 0.562. The Hall–Kier alpha value is -1.81. The summed E-state index contributed by atoms with van der Waals surface area (Å²) in [4.78, 5) is 12.6. The number of ether oxygens (including phenoxy) is 1. The average Bonchev–Trinajstić information content (AvgIpc) is 2.89. The summed E-state index contributed by atoms with van der Waals surface area (Å²) in [6, 6.07) is 3.70. The highest BCUT2D eigenvalue weighted by atomic mass is 35.5. The Morgan fingerprint density at radius 1 is 1.12 bits per heavy atom. The number of aromatic nitrogens is 2. The van der Waals surface area contributed by atoms with Gasteiger partial charge in [-0.15, -0.1) is 0 Å². The van der Waals surface area contributed by atoms with E-state index in [-0.39, 0.29) is 12.5 Å². The van der Waals surface area contributed by atoms with Gasteiger partial charge in [-0.1, -0.05) is 37.8 Å². The molecule has 1 aromatic carbocycles. The van der Waals surface area contributed by atoms with Crippen molar-refractivity contribution in [3.8, 4) is 5.75 Å². The maximum absolute atomic E-state index is 12.6. The second kappa shape index (κ2) is 9.22. The number of carbonyl (C=O) groups excluding carboxylic acids is 1. The van der Waals surface area contributed by atoms with Crippen LogP contribution in [-0.2, 0) is 6.42 Å². The lowest BCUT2D eigenvalue weighted by Gasteiger charge is -2.10. The lowest BCUT2D eigenvalue weighted by Crippen LogP contribution is -2.22. The highest BCUT2D eigenvalue weighted by Crippen LogP contribution is 2.26. The van der Waals surface area contributed by atoms with Gasteiger partial charge in [-0.25, -0.2) is 4.68 Å². The van der Waals surface area contributed by atoms with Gasteiger partial charge in [0.1, 0.15) is 5.75 Å². The normalized spacial score (nSPS) is 11.0. The van der Waals surface area contributed by atoms with E-state index in [2.05, 4.69) is 12.0 Å². The predicted molar refractivity (Wildman–Crippen MR) is 107 cm³/mol. The van der Waals surface area contributed by atoms with Crippen LogP contribution in [0.5, 0.6) is 5.75 Å². The topological polar surface area (TPSA) is 44.1 Å². The number of rotatable bonds is 8. The highest BCUT2D eigenvalue weighted by molar-refractivity contribution is 6.32. The Morgan fingerprint density at radius 3 is 2.38 bits per heavy atom. The van der Waals surface area contributed by atoms with Crippen LogP contribution in [0, 0.1) is 27.7 Å². The molecule has 0 radical (unpaired) electrons. The number of hydrogen-bond acceptors (Lipinski definition) is 3. The third kappa shape index (κ3) is 4.88. The average molecular weight is 377 g/mol. The van der Waals surface area contributed by atoms with E-state index in [0.29, 0.717) is 5.75 Å². The molecule has 0 spiro atoms. The lowest BCUT2D eigenvalue weighted by molar-refractivity contribution is 0.0818. The van der Waals surface area contributed by atoms with E-state index in [4.69, 9.17) is 16.3 Å². The molecule has 0 aliphatic rings. The lowest BCUT2D eigenvalue weighted by atomic mass is 10.0. The Bertz CT molecular complexity index is 758. The first kappa shape index (κ1) is 20.5. The van der Waals surface area contributed by atoms with Gasteiger partial charge in [0.05, 0.1) is 5.69 Å². The first-order chi connectivity index (χ1) is 12.3. The van der Waals surface area contributed by atoms with Crippen LogP contribution in [0.4, 0.5) is 0 Å². The molecule has 1 heterocycles. The first-order valence-corrected chi connectivity index (χ1v) is 9.70. The van der Waals surface area contributed by atoms with Gasteiger partial charge in [0.25, 0.3) is 5.91 Å². The molecule has 5 heteroatoms. The van der Waals surface area contributed by atoms with Crippen LogP contribution in [0.15, 0.2) is 12.1 Å². The highest BCUT2D eigenvalue weighted by Gasteiger charge is 2.17. The zero-order chi connectivity index (χ0) is 19.3. The number of aryl methyl sites for hydroxylation is 3. The van der Waals surface area contributed by atoms with Crippen LogP contribution in [0.1, 0.15) is 65.5 Å². The molecular weight excluding hydrogens is 348 g/mol. The van der Waals surface area contributed by atoms with Crippen molar-refractivity contribution in [2.75, 3.05) is 6.61 Å². The monoisotopic (exact) mass is 376 g/mol. The van der Waals surface area contributed by atoms with Crippen LogP contribution in [0.2, 0.25) is 5.02 Å². The van der Waals surface area contributed by atoms with Crippen LogP contribution in [0.25, 0.3) is 0 Å². The fourth-order valence-electron chi connectivity index (χ4n) is 3.20. The van der Waals surface area contributed by atoms with E-state index in [0.717, 1.165) is 40.4 Å². The fourth-order valence-corrected chi connectivity index (χ4v) is 3.31. The van der Waals surface area contributed by atoms with Gasteiger partial charge in [0.2, 0.25) is 0 Å². The molecule has 0 amide bonds. The van der Waals surface area contributed by atoms with Crippen molar-refractivity contribution in [1.29, 1.82) is 0 Å². The molecule has 26 heavy (non-hydrogen) atoms. The molecular formula is C21H29ClN2O2. The van der Waals surface area contributed by atoms with Gasteiger partial charge in [-0.3, -0.25) is 4.79 Å². The van der Waals surface area contributed by atoms with Gasteiger partial charge in [0, 0.05) is 10.7 Å². The molecule has 2 aromatic rings. The molecule has 0 bridgehead atoms. The molecule has 0 aliphatic carbocycles. The van der Waals surface area contributed by atoms with Crippen LogP contribution < -0.4 is 4.74 Å². The third-order valence-corrected chi connectivity index (χ3v) is 5.33. The van der Waals surface area contributed by atoms with Crippen LogP contribution >= 0.6 is 11.6 Å². The summed E-state index contributed by atoms with van der Waals surface area (Å²) in [5.74, 6) is 0.495. The van der Waals surface area contributed by atoms with E-state index in [9.17, 15) is 4.79 Å². The molecule has 0 saturated heterocycles. The summed E-state index contributed by atoms with van der Waals surface area (Å²) in [6.07, 6.45) is 5.79. The minimum Gasteiger partial charge on any atom is -0.484 e. The molecule has 0 unspecified atom stereocenters. The Balaban J connectivity index is 2.03. The third-order valence-electron chi connectivity index (χ3n) is 4.73. The van der Waals surface area contributed by atoms with E-state index in [1.807, 2.05) is 39.8 Å². The number of unbranched alkanes of at least 4 members (excludes halogenated alkanes) is 3. The van der Waals surface area contributed by atoms with Gasteiger partial charge in [-0.05, 0) is 69.4 Å². The van der Waals surface area contributed by atoms with E-state index in [1.165, 1.54) is 29.5 Å². The maximum atomic E-state index is 12.6. The van der Waals surface area contributed by atoms with Crippen molar-refractivity contribution in [2.24, 2.45) is 0 Å². The second-order valence-electron chi connectivity index (χ2n) is 6.93. The van der Waals surface area contributed by atoms with Crippen LogP contribution in [0.3, 0.4) is 0 Å². The van der Waals surface area contributed by atoms with Crippen LogP contribution in [-0.4, -0.2) is 22.3 Å². The van der Waals surface area contributed by atoms with E-state index in [1.54, 1.807) is 0 Å². The second-order valence-corrected chi connectivity index (χ2v) is 7.30. The maximum Gasteiger partial charge on any atom is 0.284 e. The number of carbonyl (C=O) groups is 1. The van der Waals surface area contributed by atoms with Crippen molar-refractivity contribution in [1.82, 2.24) is 9.78 Å². The summed E-state index contributed by atoms with van der Waals surface area (Å²) >= 11 is 6.17. The minimum absolute atomic E-state index is 0.0439. The zero-order valence-corrected chi connectivity index (χ0v) is 17.2. The molecule has 4 nitrogen and oxygen atoms in total. The minimum atomic E-state index is -0.157. The summed E-state index contributed by atoms with van der Waals surface area (Å²) < 4.78 is 7.17. The fraction of sp³-hybridized carbons (Fsp3) is 0.524. The molecule has 0 saturated carbocycles. The number of nitrogens with zero attached hydrogens (tertiary/aromatic N) is 2. The Labute approximate surface area is 161 Å². The summed E-state index contributed by atoms with van der Waals surface area (Å²) in [6.45, 7) is 9.95. The molecule has 0 N–H and O–H groups in total. The van der Waals surface area contributed by atoms with Crippen molar-refractivity contribution in [3.05, 3.63) is 45.2 Å². The van der Waals surface area contributed by atoms with Crippen molar-refractivity contribution in [2.45, 2.75) is 66.7 Å².